The summed E-state index contributed by atoms with van der Waals surface area (Å²) >= 11 is 0. The SMILES string of the molecule is CC[C@]12C(=O)[C@@](CC)(C(c3ccccc3)=C1c1ccccc1)[C@@H]1C(=O)N(c3ccc(C#N)cc3)C(=O)[C@H]12. The number of rotatable bonds is 5. The number of carbonyl (C=O) groups is 3. The second kappa shape index (κ2) is 8.11. The van der Waals surface area contributed by atoms with Crippen LogP contribution >= 0.6 is 0 Å². The normalized spacial score (nSPS) is 28.1. The number of nitrogens with zero attached hydrogens (tertiary/aromatic N) is 2. The van der Waals surface area contributed by atoms with Crippen LogP contribution in [0.3, 0.4) is 0 Å². The molecule has 2 amide bonds. The molecule has 1 heterocycles. The van der Waals surface area contributed by atoms with E-state index < -0.39 is 22.7 Å². The van der Waals surface area contributed by atoms with Crippen molar-refractivity contribution in [1.29, 1.82) is 5.26 Å². The van der Waals surface area contributed by atoms with Gasteiger partial charge in [-0.25, -0.2) is 4.90 Å². The lowest BCUT2D eigenvalue weighted by Crippen LogP contribution is -2.41. The van der Waals surface area contributed by atoms with Crippen LogP contribution in [0.1, 0.15) is 43.4 Å². The number of carbonyl (C=O) groups excluding carboxylic acids is 3. The van der Waals surface area contributed by atoms with Crippen LogP contribution in [-0.2, 0) is 14.4 Å². The van der Waals surface area contributed by atoms with Crippen LogP contribution in [0, 0.1) is 34.0 Å². The highest BCUT2D eigenvalue weighted by atomic mass is 16.2. The minimum atomic E-state index is -1.10. The molecule has 5 heteroatoms. The van der Waals surface area contributed by atoms with Gasteiger partial charge >= 0.3 is 0 Å². The third kappa shape index (κ3) is 2.70. The molecule has 0 aromatic heterocycles. The second-order valence-electron chi connectivity index (χ2n) is 10.1. The van der Waals surface area contributed by atoms with E-state index in [1.807, 2.05) is 74.5 Å². The smallest absolute Gasteiger partial charge is 0.239 e. The van der Waals surface area contributed by atoms with E-state index in [1.54, 1.807) is 24.3 Å². The number of imide groups is 1. The molecule has 0 radical (unpaired) electrons. The van der Waals surface area contributed by atoms with Crippen molar-refractivity contribution in [2.24, 2.45) is 22.7 Å². The van der Waals surface area contributed by atoms with Crippen LogP contribution in [0.2, 0.25) is 0 Å². The maximum absolute atomic E-state index is 14.7. The van der Waals surface area contributed by atoms with Gasteiger partial charge in [0.05, 0.1) is 40.0 Å². The van der Waals surface area contributed by atoms with Crippen molar-refractivity contribution < 1.29 is 14.4 Å². The Morgan fingerprint density at radius 1 is 0.703 bits per heavy atom. The summed E-state index contributed by atoms with van der Waals surface area (Å²) in [5.74, 6) is -2.19. The molecule has 182 valence electrons. The Balaban J connectivity index is 1.65. The molecule has 37 heavy (non-hydrogen) atoms. The Morgan fingerprint density at radius 3 is 1.51 bits per heavy atom. The molecule has 2 bridgehead atoms. The van der Waals surface area contributed by atoms with Gasteiger partial charge < -0.3 is 0 Å². The third-order valence-corrected chi connectivity index (χ3v) is 8.82. The summed E-state index contributed by atoms with van der Waals surface area (Å²) in [6.07, 6.45) is 0.852. The molecular weight excluding hydrogens is 460 g/mol. The number of allylic oxidation sites excluding steroid dienone is 2. The first kappa shape index (κ1) is 23.1. The summed E-state index contributed by atoms with van der Waals surface area (Å²) in [4.78, 5) is 44.3. The summed E-state index contributed by atoms with van der Waals surface area (Å²) < 4.78 is 0. The Morgan fingerprint density at radius 2 is 1.14 bits per heavy atom. The zero-order valence-corrected chi connectivity index (χ0v) is 20.8. The van der Waals surface area contributed by atoms with Gasteiger partial charge in [0, 0.05) is 0 Å². The van der Waals surface area contributed by atoms with Crippen LogP contribution in [0.25, 0.3) is 11.1 Å². The lowest BCUT2D eigenvalue weighted by atomic mass is 9.60. The van der Waals surface area contributed by atoms with Crippen molar-refractivity contribution in [3.8, 4) is 6.07 Å². The predicted octanol–water partition coefficient (Wildman–Crippen LogP) is 5.66. The summed E-state index contributed by atoms with van der Waals surface area (Å²) in [5, 5.41) is 9.20. The zero-order valence-electron chi connectivity index (χ0n) is 20.8. The third-order valence-electron chi connectivity index (χ3n) is 8.82. The highest BCUT2D eigenvalue weighted by Crippen LogP contribution is 2.75. The first-order valence-electron chi connectivity index (χ1n) is 12.8. The van der Waals surface area contributed by atoms with Crippen LogP contribution < -0.4 is 4.90 Å². The lowest BCUT2D eigenvalue weighted by Gasteiger charge is -2.38. The van der Waals surface area contributed by atoms with E-state index in [9.17, 15) is 19.6 Å². The zero-order chi connectivity index (χ0) is 25.9. The van der Waals surface area contributed by atoms with Crippen LogP contribution in [0.4, 0.5) is 5.69 Å². The van der Waals surface area contributed by atoms with Crippen molar-refractivity contribution in [2.75, 3.05) is 4.90 Å². The Kier molecular flexibility index (Phi) is 5.07. The number of benzene rings is 3. The molecule has 4 atom stereocenters. The quantitative estimate of drug-likeness (QED) is 0.436. The fraction of sp³-hybridized carbons (Fsp3) is 0.250. The van der Waals surface area contributed by atoms with E-state index in [1.165, 1.54) is 4.90 Å². The van der Waals surface area contributed by atoms with Gasteiger partial charge in [-0.3, -0.25) is 14.4 Å². The molecule has 2 fully saturated rings. The molecule has 0 unspecified atom stereocenters. The molecule has 0 spiro atoms. The average Bonchev–Trinajstić information content (AvgIpc) is 3.45. The van der Waals surface area contributed by atoms with E-state index in [2.05, 4.69) is 6.07 Å². The first-order chi connectivity index (χ1) is 18.0. The largest absolute Gasteiger partial charge is 0.298 e. The average molecular weight is 487 g/mol. The number of fused-ring (bicyclic) bond motifs is 5. The summed E-state index contributed by atoms with van der Waals surface area (Å²) in [7, 11) is 0. The number of hydrogen-bond acceptors (Lipinski definition) is 4. The molecule has 1 saturated heterocycles. The van der Waals surface area contributed by atoms with Crippen LogP contribution in [-0.4, -0.2) is 17.6 Å². The van der Waals surface area contributed by atoms with Crippen LogP contribution in [0.15, 0.2) is 84.9 Å². The summed E-state index contributed by atoms with van der Waals surface area (Å²) in [5.41, 5.74) is 2.31. The van der Waals surface area contributed by atoms with Crippen molar-refractivity contribution in [3.63, 3.8) is 0 Å². The van der Waals surface area contributed by atoms with Gasteiger partial charge in [-0.2, -0.15) is 5.26 Å². The van der Waals surface area contributed by atoms with Gasteiger partial charge in [0.15, 0.2) is 5.78 Å². The maximum atomic E-state index is 14.7. The van der Waals surface area contributed by atoms with Gasteiger partial charge in [-0.15, -0.1) is 0 Å². The highest BCUT2D eigenvalue weighted by Gasteiger charge is 2.80. The predicted molar refractivity (Wildman–Crippen MR) is 141 cm³/mol. The molecule has 1 aliphatic heterocycles. The van der Waals surface area contributed by atoms with E-state index >= 15 is 0 Å². The Hall–Kier alpha value is -4.30. The molecule has 2 aliphatic carbocycles. The first-order valence-corrected chi connectivity index (χ1v) is 12.8. The fourth-order valence-corrected chi connectivity index (χ4v) is 7.39. The number of amides is 2. The van der Waals surface area contributed by atoms with Gasteiger partial charge in [0.1, 0.15) is 0 Å². The molecule has 3 aromatic carbocycles. The monoisotopic (exact) mass is 486 g/mol. The standard InChI is InChI=1S/C32H26N2O3/c1-3-31-24(21-11-7-5-8-12-21)25(22-13-9-6-10-14-22)32(4-2,30(31)37)27-26(31)28(35)34(29(27)36)23-17-15-20(19-33)16-18-23/h5-18,26-27H,3-4H2,1-2H3/t26-,27-,31-,32-/m0/s1. The van der Waals surface area contributed by atoms with E-state index in [4.69, 9.17) is 0 Å². The van der Waals surface area contributed by atoms with Crippen molar-refractivity contribution in [1.82, 2.24) is 0 Å². The summed E-state index contributed by atoms with van der Waals surface area (Å²) in [6.45, 7) is 3.92. The minimum absolute atomic E-state index is 0.00103. The van der Waals surface area contributed by atoms with E-state index in [0.717, 1.165) is 22.3 Å². The maximum Gasteiger partial charge on any atom is 0.239 e. The molecule has 5 nitrogen and oxygen atoms in total. The van der Waals surface area contributed by atoms with Crippen molar-refractivity contribution in [2.45, 2.75) is 26.7 Å². The molecule has 0 N–H and O–H groups in total. The Labute approximate surface area is 216 Å². The lowest BCUT2D eigenvalue weighted by molar-refractivity contribution is -0.134. The number of hydrogen-bond donors (Lipinski definition) is 0. The second-order valence-corrected chi connectivity index (χ2v) is 10.1. The number of Topliss-reactive ketones (excluding diaryl/α,β-unsaturated/α-hetero) is 1. The van der Waals surface area contributed by atoms with E-state index in [-0.39, 0.29) is 17.6 Å². The topological polar surface area (TPSA) is 78.2 Å². The van der Waals surface area contributed by atoms with Gasteiger partial charge in [-0.05, 0) is 59.4 Å². The van der Waals surface area contributed by atoms with Crippen molar-refractivity contribution in [3.05, 3.63) is 102 Å². The number of nitriles is 1. The van der Waals surface area contributed by atoms with Crippen LogP contribution in [0.5, 0.6) is 0 Å². The van der Waals surface area contributed by atoms with Crippen molar-refractivity contribution >= 4 is 34.4 Å². The molecule has 6 rings (SSSR count). The highest BCUT2D eigenvalue weighted by molar-refractivity contribution is 6.34. The van der Waals surface area contributed by atoms with E-state index in [0.29, 0.717) is 24.1 Å². The number of anilines is 1. The van der Waals surface area contributed by atoms with Gasteiger partial charge in [0.25, 0.3) is 0 Å². The fourth-order valence-electron chi connectivity index (χ4n) is 7.39. The summed E-state index contributed by atoms with van der Waals surface area (Å²) in [6, 6.07) is 28.3. The molecule has 1 saturated carbocycles. The molecule has 3 aromatic rings. The van der Waals surface area contributed by atoms with Gasteiger partial charge in [-0.1, -0.05) is 74.5 Å². The number of ketones is 1. The van der Waals surface area contributed by atoms with Gasteiger partial charge in [0.2, 0.25) is 11.8 Å². The minimum Gasteiger partial charge on any atom is -0.298 e. The Bertz CT molecular complexity index is 1430. The molecular formula is C32H26N2O3. The molecule has 3 aliphatic rings.